The molecule has 1 heterocycles. The molecule has 0 fully saturated rings. The van der Waals surface area contributed by atoms with Gasteiger partial charge >= 0.3 is 0 Å². The van der Waals surface area contributed by atoms with E-state index in [-0.39, 0.29) is 0 Å². The highest BCUT2D eigenvalue weighted by Crippen LogP contribution is 2.17. The zero-order chi connectivity index (χ0) is 8.55. The Labute approximate surface area is 73.7 Å². The molecule has 2 aromatic rings. The van der Waals surface area contributed by atoms with Gasteiger partial charge in [0.15, 0.2) is 0 Å². The van der Waals surface area contributed by atoms with Crippen LogP contribution in [0.3, 0.4) is 0 Å². The van der Waals surface area contributed by atoms with Crippen LogP contribution < -0.4 is 0 Å². The van der Waals surface area contributed by atoms with E-state index in [1.807, 2.05) is 6.07 Å². The van der Waals surface area contributed by atoms with Crippen LogP contribution in [0.15, 0.2) is 34.9 Å². The molecule has 0 N–H and O–H groups in total. The van der Waals surface area contributed by atoms with Gasteiger partial charge < -0.3 is 4.42 Å². The first-order valence-electron chi connectivity index (χ1n) is 3.44. The Hall–Kier alpha value is -1.28. The van der Waals surface area contributed by atoms with Gasteiger partial charge in [-0.3, -0.25) is 4.79 Å². The van der Waals surface area contributed by atoms with Gasteiger partial charge in [0, 0.05) is 10.9 Å². The van der Waals surface area contributed by atoms with Gasteiger partial charge in [-0.2, -0.15) is 0 Å². The van der Waals surface area contributed by atoms with Crippen LogP contribution in [0, 0.1) is 0 Å². The molecule has 60 valence electrons. The van der Waals surface area contributed by atoms with Crippen molar-refractivity contribution in [2.24, 2.45) is 0 Å². The van der Waals surface area contributed by atoms with E-state index >= 15 is 0 Å². The molecule has 0 aliphatic rings. The summed E-state index contributed by atoms with van der Waals surface area (Å²) < 4.78 is 5.10. The number of fused-ring (bicyclic) bond motifs is 1. The molecule has 0 amide bonds. The predicted molar refractivity (Wildman–Crippen MR) is 46.4 cm³/mol. The lowest BCUT2D eigenvalue weighted by Gasteiger charge is -1.91. The average molecular weight is 181 g/mol. The molecule has 0 saturated carbocycles. The molecule has 2 rings (SSSR count). The van der Waals surface area contributed by atoms with E-state index in [0.717, 1.165) is 5.39 Å². The Kier molecular flexibility index (Phi) is 1.62. The number of hydrogen-bond donors (Lipinski definition) is 0. The number of benzene rings is 1. The predicted octanol–water partition coefficient (Wildman–Crippen LogP) is 2.81. The van der Waals surface area contributed by atoms with Gasteiger partial charge in [-0.15, -0.1) is 0 Å². The first-order valence-corrected chi connectivity index (χ1v) is 3.82. The normalized spacial score (nSPS) is 10.4. The lowest BCUT2D eigenvalue weighted by atomic mass is 10.2. The van der Waals surface area contributed by atoms with Gasteiger partial charge in [0.25, 0.3) is 5.24 Å². The maximum atomic E-state index is 10.7. The summed E-state index contributed by atoms with van der Waals surface area (Å²) in [7, 11) is 0. The second-order valence-electron chi connectivity index (χ2n) is 2.45. The van der Waals surface area contributed by atoms with Crippen LogP contribution in [-0.2, 0) is 0 Å². The molecular formula is C9H5ClO2. The zero-order valence-electron chi connectivity index (χ0n) is 6.08. The lowest BCUT2D eigenvalue weighted by molar-refractivity contribution is 0.108. The van der Waals surface area contributed by atoms with Crippen molar-refractivity contribution in [2.45, 2.75) is 0 Å². The second kappa shape index (κ2) is 2.64. The summed E-state index contributed by atoms with van der Waals surface area (Å²) in [5, 5.41) is 0.505. The maximum absolute atomic E-state index is 10.7. The van der Waals surface area contributed by atoms with Crippen LogP contribution in [0.1, 0.15) is 10.4 Å². The van der Waals surface area contributed by atoms with Crippen LogP contribution in [0.4, 0.5) is 0 Å². The summed E-state index contributed by atoms with van der Waals surface area (Å²) in [6.07, 6.45) is 1.58. The van der Waals surface area contributed by atoms with Crippen LogP contribution >= 0.6 is 11.6 Å². The number of carbonyl (C=O) groups is 1. The van der Waals surface area contributed by atoms with Crippen molar-refractivity contribution >= 4 is 27.8 Å². The van der Waals surface area contributed by atoms with Gasteiger partial charge in [-0.1, -0.05) is 6.07 Å². The van der Waals surface area contributed by atoms with Crippen LogP contribution in [0.25, 0.3) is 11.0 Å². The standard InChI is InChI=1S/C9H5ClO2/c10-9(11)7-2-1-6-3-4-12-8(6)5-7/h1-5H. The number of halogens is 1. The first-order chi connectivity index (χ1) is 5.77. The minimum absolute atomic E-state index is 0.458. The minimum atomic E-state index is -0.465. The molecule has 1 aromatic heterocycles. The third kappa shape index (κ3) is 1.10. The molecule has 0 atom stereocenters. The summed E-state index contributed by atoms with van der Waals surface area (Å²) in [6, 6.07) is 6.93. The fourth-order valence-corrected chi connectivity index (χ4v) is 1.19. The van der Waals surface area contributed by atoms with Crippen molar-refractivity contribution in [3.8, 4) is 0 Å². The molecule has 1 aromatic carbocycles. The van der Waals surface area contributed by atoms with Crippen LogP contribution in [0.5, 0.6) is 0 Å². The van der Waals surface area contributed by atoms with Crippen molar-refractivity contribution in [2.75, 3.05) is 0 Å². The monoisotopic (exact) mass is 180 g/mol. The number of furan rings is 1. The molecule has 2 nitrogen and oxygen atoms in total. The second-order valence-corrected chi connectivity index (χ2v) is 2.79. The summed E-state index contributed by atoms with van der Waals surface area (Å²) in [4.78, 5) is 10.7. The van der Waals surface area contributed by atoms with E-state index in [1.165, 1.54) is 0 Å². The van der Waals surface area contributed by atoms with E-state index in [9.17, 15) is 4.79 Å². The number of hydrogen-bond acceptors (Lipinski definition) is 2. The van der Waals surface area contributed by atoms with E-state index in [0.29, 0.717) is 11.1 Å². The molecule has 0 radical (unpaired) electrons. The molecule has 0 aliphatic heterocycles. The lowest BCUT2D eigenvalue weighted by Crippen LogP contribution is -1.86. The Morgan fingerprint density at radius 3 is 2.92 bits per heavy atom. The Morgan fingerprint density at radius 2 is 2.17 bits per heavy atom. The third-order valence-corrected chi connectivity index (χ3v) is 1.90. The topological polar surface area (TPSA) is 30.2 Å². The third-order valence-electron chi connectivity index (χ3n) is 1.68. The van der Waals surface area contributed by atoms with E-state index < -0.39 is 5.24 Å². The van der Waals surface area contributed by atoms with Crippen molar-refractivity contribution < 1.29 is 9.21 Å². The van der Waals surface area contributed by atoms with E-state index in [4.69, 9.17) is 16.0 Å². The summed E-state index contributed by atoms with van der Waals surface area (Å²) in [5.74, 6) is 0. The summed E-state index contributed by atoms with van der Waals surface area (Å²) in [5.41, 5.74) is 1.14. The molecular weight excluding hydrogens is 176 g/mol. The van der Waals surface area contributed by atoms with Gasteiger partial charge in [0.05, 0.1) is 6.26 Å². The molecule has 3 heteroatoms. The van der Waals surface area contributed by atoms with Crippen molar-refractivity contribution in [1.29, 1.82) is 0 Å². The minimum Gasteiger partial charge on any atom is -0.464 e. The maximum Gasteiger partial charge on any atom is 0.252 e. The van der Waals surface area contributed by atoms with Crippen molar-refractivity contribution in [1.82, 2.24) is 0 Å². The Morgan fingerprint density at radius 1 is 1.33 bits per heavy atom. The summed E-state index contributed by atoms with van der Waals surface area (Å²) in [6.45, 7) is 0. The smallest absolute Gasteiger partial charge is 0.252 e. The molecule has 12 heavy (non-hydrogen) atoms. The average Bonchev–Trinajstić information content (AvgIpc) is 2.49. The Bertz CT molecular complexity index is 431. The molecule has 0 spiro atoms. The first kappa shape index (κ1) is 7.37. The quantitative estimate of drug-likeness (QED) is 0.632. The molecule has 0 saturated heterocycles. The van der Waals surface area contributed by atoms with Gasteiger partial charge in [0.1, 0.15) is 5.58 Å². The van der Waals surface area contributed by atoms with Crippen molar-refractivity contribution in [3.63, 3.8) is 0 Å². The fourth-order valence-electron chi connectivity index (χ4n) is 1.08. The highest BCUT2D eigenvalue weighted by Gasteiger charge is 2.03. The highest BCUT2D eigenvalue weighted by molar-refractivity contribution is 6.67. The zero-order valence-corrected chi connectivity index (χ0v) is 6.84. The largest absolute Gasteiger partial charge is 0.464 e. The van der Waals surface area contributed by atoms with Crippen molar-refractivity contribution in [3.05, 3.63) is 36.1 Å². The van der Waals surface area contributed by atoms with Crippen LogP contribution in [0.2, 0.25) is 0 Å². The fraction of sp³-hybridized carbons (Fsp3) is 0. The number of carbonyl (C=O) groups excluding carboxylic acids is 1. The van der Waals surface area contributed by atoms with Gasteiger partial charge in [-0.05, 0) is 29.8 Å². The molecule has 0 unspecified atom stereocenters. The SMILES string of the molecule is O=C(Cl)c1ccc2ccoc2c1. The molecule has 0 bridgehead atoms. The Balaban J connectivity index is 2.68. The number of rotatable bonds is 1. The van der Waals surface area contributed by atoms with E-state index in [2.05, 4.69) is 0 Å². The van der Waals surface area contributed by atoms with Gasteiger partial charge in [0.2, 0.25) is 0 Å². The molecule has 0 aliphatic carbocycles. The van der Waals surface area contributed by atoms with E-state index in [1.54, 1.807) is 24.5 Å². The van der Waals surface area contributed by atoms with Gasteiger partial charge in [-0.25, -0.2) is 0 Å². The van der Waals surface area contributed by atoms with Crippen LogP contribution in [-0.4, -0.2) is 5.24 Å². The highest BCUT2D eigenvalue weighted by atomic mass is 35.5. The summed E-state index contributed by atoms with van der Waals surface area (Å²) >= 11 is 5.29.